The van der Waals surface area contributed by atoms with E-state index in [1.54, 1.807) is 18.3 Å². The molecule has 2 N–H and O–H groups in total. The summed E-state index contributed by atoms with van der Waals surface area (Å²) in [7, 11) is 1.99. The number of hydrogen-bond donors (Lipinski definition) is 2. The molecule has 1 amide bonds. The first-order valence-electron chi connectivity index (χ1n) is 14.5. The zero-order chi connectivity index (χ0) is 30.9. The van der Waals surface area contributed by atoms with Crippen LogP contribution >= 0.6 is 0 Å². The lowest BCUT2D eigenvalue weighted by molar-refractivity contribution is -0.138. The lowest BCUT2D eigenvalue weighted by Crippen LogP contribution is -2.55. The first kappa shape index (κ1) is 30.5. The van der Waals surface area contributed by atoms with Crippen LogP contribution in [0.1, 0.15) is 61.9 Å². The maximum absolute atomic E-state index is 16.0. The van der Waals surface area contributed by atoms with Gasteiger partial charge in [0, 0.05) is 54.8 Å². The molecule has 2 aromatic heterocycles. The molecule has 3 aromatic rings. The zero-order valence-electron chi connectivity index (χ0n) is 24.3. The molecule has 3 heterocycles. The van der Waals surface area contributed by atoms with Gasteiger partial charge in [-0.05, 0) is 70.8 Å². The number of H-pyrrole nitrogens is 1. The fourth-order valence-corrected chi connectivity index (χ4v) is 5.85. The van der Waals surface area contributed by atoms with Crippen LogP contribution in [0.4, 0.5) is 28.9 Å². The first-order valence-corrected chi connectivity index (χ1v) is 14.5. The van der Waals surface area contributed by atoms with E-state index < -0.39 is 34.6 Å². The molecule has 2 atom stereocenters. The Morgan fingerprint density at radius 3 is 2.44 bits per heavy atom. The molecule has 12 heteroatoms. The first-order chi connectivity index (χ1) is 20.4. The molecular weight excluding hydrogens is 566 g/mol. The molecule has 5 rings (SSSR count). The molecule has 0 spiro atoms. The summed E-state index contributed by atoms with van der Waals surface area (Å²) in [4.78, 5) is 35.7. The number of carbonyl (C=O) groups excluding carboxylic acids is 1. The number of pyridine rings is 2. The van der Waals surface area contributed by atoms with Gasteiger partial charge in [-0.25, -0.2) is 9.37 Å². The van der Waals surface area contributed by atoms with Gasteiger partial charge in [0.2, 0.25) is 11.4 Å². The SMILES string of the molecule is C[C@@H]1CN(c2cc(F)c(-c3cccnc3OC3CCCCC3)cc2NC(=O)c2c[nH]c(=O)cc2C(F)(F)F)C[C@H](C)N1C. The molecule has 1 aliphatic heterocycles. The Labute approximate surface area is 247 Å². The van der Waals surface area contributed by atoms with Crippen molar-refractivity contribution in [3.63, 3.8) is 0 Å². The third-order valence-electron chi connectivity index (χ3n) is 8.40. The van der Waals surface area contributed by atoms with Crippen LogP contribution in [0.15, 0.2) is 47.5 Å². The fraction of sp³-hybridized carbons (Fsp3) is 0.452. The average molecular weight is 602 g/mol. The second kappa shape index (κ2) is 12.4. The number of aromatic nitrogens is 2. The molecule has 43 heavy (non-hydrogen) atoms. The Hall–Kier alpha value is -3.93. The summed E-state index contributed by atoms with van der Waals surface area (Å²) in [5.41, 5.74) is -2.20. The van der Waals surface area contributed by atoms with Crippen molar-refractivity contribution in [2.75, 3.05) is 30.4 Å². The number of halogens is 4. The summed E-state index contributed by atoms with van der Waals surface area (Å²) in [6.45, 7) is 5.04. The maximum atomic E-state index is 16.0. The van der Waals surface area contributed by atoms with Crippen molar-refractivity contribution in [3.05, 3.63) is 70.0 Å². The van der Waals surface area contributed by atoms with Gasteiger partial charge in [0.1, 0.15) is 11.9 Å². The average Bonchev–Trinajstić information content (AvgIpc) is 2.96. The van der Waals surface area contributed by atoms with Crippen molar-refractivity contribution in [2.24, 2.45) is 0 Å². The monoisotopic (exact) mass is 601 g/mol. The minimum atomic E-state index is -4.94. The van der Waals surface area contributed by atoms with Gasteiger partial charge in [-0.15, -0.1) is 0 Å². The second-order valence-corrected chi connectivity index (χ2v) is 11.4. The number of likely N-dealkylation sites (N-methyl/N-ethyl adjacent to an activating group) is 1. The van der Waals surface area contributed by atoms with Crippen molar-refractivity contribution in [1.29, 1.82) is 0 Å². The Balaban J connectivity index is 1.59. The van der Waals surface area contributed by atoms with Gasteiger partial charge >= 0.3 is 6.18 Å². The van der Waals surface area contributed by atoms with Crippen LogP contribution in [0.5, 0.6) is 5.88 Å². The number of ether oxygens (including phenoxy) is 1. The van der Waals surface area contributed by atoms with Crippen LogP contribution in [-0.2, 0) is 6.18 Å². The van der Waals surface area contributed by atoms with E-state index in [9.17, 15) is 22.8 Å². The number of carbonyl (C=O) groups is 1. The van der Waals surface area contributed by atoms with Crippen molar-refractivity contribution in [3.8, 4) is 17.0 Å². The minimum Gasteiger partial charge on any atom is -0.474 e. The predicted molar refractivity (Wildman–Crippen MR) is 156 cm³/mol. The lowest BCUT2D eigenvalue weighted by atomic mass is 9.97. The molecule has 230 valence electrons. The van der Waals surface area contributed by atoms with Crippen molar-refractivity contribution in [2.45, 2.75) is 70.3 Å². The Morgan fingerprint density at radius 1 is 1.07 bits per heavy atom. The summed E-state index contributed by atoms with van der Waals surface area (Å²) >= 11 is 0. The molecule has 1 saturated heterocycles. The highest BCUT2D eigenvalue weighted by atomic mass is 19.4. The van der Waals surface area contributed by atoms with Crippen LogP contribution in [0.3, 0.4) is 0 Å². The maximum Gasteiger partial charge on any atom is 0.417 e. The molecule has 2 aliphatic rings. The highest BCUT2D eigenvalue weighted by Crippen LogP contribution is 2.40. The van der Waals surface area contributed by atoms with E-state index in [2.05, 4.69) is 20.2 Å². The van der Waals surface area contributed by atoms with E-state index >= 15 is 4.39 Å². The summed E-state index contributed by atoms with van der Waals surface area (Å²) in [5.74, 6) is -1.43. The number of nitrogens with zero attached hydrogens (tertiary/aromatic N) is 3. The number of nitrogens with one attached hydrogen (secondary N) is 2. The van der Waals surface area contributed by atoms with Gasteiger partial charge in [-0.1, -0.05) is 6.42 Å². The van der Waals surface area contributed by atoms with Gasteiger partial charge in [0.15, 0.2) is 0 Å². The van der Waals surface area contributed by atoms with Crippen LogP contribution < -0.4 is 20.5 Å². The highest BCUT2D eigenvalue weighted by molar-refractivity contribution is 6.07. The van der Waals surface area contributed by atoms with Crippen molar-refractivity contribution < 1.29 is 27.1 Å². The standard InChI is InChI=1S/C31H35F4N5O3/c1-18-16-40(17-19(2)39(18)3)27-14-25(32)22(21-10-7-11-36-30(21)43-20-8-5-4-6-9-20)12-26(27)38-29(42)23-15-37-28(41)13-24(23)31(33,34)35/h7,10-15,18-20H,4-6,8-9,16-17H2,1-3H3,(H,37,41)(H,38,42)/t18-,19+. The van der Waals surface area contributed by atoms with E-state index in [1.807, 2.05) is 25.8 Å². The zero-order valence-corrected chi connectivity index (χ0v) is 24.3. The highest BCUT2D eigenvalue weighted by Gasteiger charge is 2.36. The minimum absolute atomic E-state index is 0.0572. The second-order valence-electron chi connectivity index (χ2n) is 11.4. The number of anilines is 2. The molecule has 2 fully saturated rings. The van der Waals surface area contributed by atoms with Gasteiger partial charge in [0.05, 0.1) is 22.5 Å². The number of amides is 1. The molecular formula is C31H35F4N5O3. The van der Waals surface area contributed by atoms with Crippen LogP contribution in [0, 0.1) is 5.82 Å². The number of rotatable bonds is 6. The number of piperazine rings is 1. The van der Waals surface area contributed by atoms with E-state index in [0.717, 1.165) is 38.3 Å². The molecule has 1 aromatic carbocycles. The van der Waals surface area contributed by atoms with E-state index in [0.29, 0.717) is 30.4 Å². The van der Waals surface area contributed by atoms with E-state index in [-0.39, 0.29) is 35.3 Å². The van der Waals surface area contributed by atoms with Gasteiger partial charge < -0.3 is 19.9 Å². The molecule has 0 bridgehead atoms. The molecule has 8 nitrogen and oxygen atoms in total. The van der Waals surface area contributed by atoms with E-state index in [4.69, 9.17) is 4.74 Å². The Morgan fingerprint density at radius 2 is 1.77 bits per heavy atom. The number of benzene rings is 1. The van der Waals surface area contributed by atoms with Crippen LogP contribution in [0.2, 0.25) is 0 Å². The molecule has 1 aliphatic carbocycles. The van der Waals surface area contributed by atoms with E-state index in [1.165, 1.54) is 12.1 Å². The fourth-order valence-electron chi connectivity index (χ4n) is 5.85. The van der Waals surface area contributed by atoms with Gasteiger partial charge in [0.25, 0.3) is 5.91 Å². The molecule has 0 radical (unpaired) electrons. The normalized spacial score (nSPS) is 20.2. The number of hydrogen-bond acceptors (Lipinski definition) is 6. The Kier molecular flexibility index (Phi) is 8.77. The van der Waals surface area contributed by atoms with Crippen molar-refractivity contribution in [1.82, 2.24) is 14.9 Å². The lowest BCUT2D eigenvalue weighted by Gasteiger charge is -2.44. The van der Waals surface area contributed by atoms with Gasteiger partial charge in [-0.3, -0.25) is 14.5 Å². The smallest absolute Gasteiger partial charge is 0.417 e. The quantitative estimate of drug-likeness (QED) is 0.333. The van der Waals surface area contributed by atoms with Crippen LogP contribution in [-0.4, -0.2) is 59.1 Å². The summed E-state index contributed by atoms with van der Waals surface area (Å²) in [6.07, 6.45) is 2.19. The summed E-state index contributed by atoms with van der Waals surface area (Å²) in [6, 6.07) is 6.54. The predicted octanol–water partition coefficient (Wildman–Crippen LogP) is 6.09. The number of aromatic amines is 1. The largest absolute Gasteiger partial charge is 0.474 e. The molecule has 0 unspecified atom stereocenters. The Bertz CT molecular complexity index is 1520. The van der Waals surface area contributed by atoms with Crippen molar-refractivity contribution >= 4 is 17.3 Å². The molecule has 1 saturated carbocycles. The summed E-state index contributed by atoms with van der Waals surface area (Å²) in [5, 5.41) is 2.59. The third-order valence-corrected chi connectivity index (χ3v) is 8.40. The van der Waals surface area contributed by atoms with Gasteiger partial charge in [-0.2, -0.15) is 13.2 Å². The number of alkyl halides is 3. The topological polar surface area (TPSA) is 90.6 Å². The third kappa shape index (κ3) is 6.69. The summed E-state index contributed by atoms with van der Waals surface area (Å²) < 4.78 is 63.5. The van der Waals surface area contributed by atoms with Crippen LogP contribution in [0.25, 0.3) is 11.1 Å².